The first-order valence-electron chi connectivity index (χ1n) is 8.64. The summed E-state index contributed by atoms with van der Waals surface area (Å²) in [7, 11) is 1.82. The molecule has 0 saturated carbocycles. The number of carbonyl (C=O) groups is 1. The highest BCUT2D eigenvalue weighted by atomic mass is 32.2. The van der Waals surface area contributed by atoms with E-state index in [0.29, 0.717) is 28.0 Å². The van der Waals surface area contributed by atoms with Crippen LogP contribution in [0.1, 0.15) is 17.3 Å². The fraction of sp³-hybridized carbons (Fsp3) is 0.250. The minimum atomic E-state index is -0.705. The molecule has 0 fully saturated rings. The quantitative estimate of drug-likeness (QED) is 0.461. The third-order valence-corrected chi connectivity index (χ3v) is 5.21. The lowest BCUT2D eigenvalue weighted by molar-refractivity contribution is 0.101. The van der Waals surface area contributed by atoms with Crippen LogP contribution in [0, 0.1) is 5.82 Å². The molecular weight excluding hydrogens is 381 g/mol. The van der Waals surface area contributed by atoms with E-state index < -0.39 is 6.10 Å². The molecule has 8 heteroatoms. The van der Waals surface area contributed by atoms with Crippen molar-refractivity contribution in [3.8, 4) is 17.1 Å². The number of ketones is 1. The van der Waals surface area contributed by atoms with Gasteiger partial charge in [-0.05, 0) is 55.5 Å². The fourth-order valence-corrected chi connectivity index (χ4v) is 3.30. The second kappa shape index (κ2) is 8.99. The van der Waals surface area contributed by atoms with Gasteiger partial charge < -0.3 is 14.4 Å². The second-order valence-corrected chi connectivity index (χ2v) is 7.22. The van der Waals surface area contributed by atoms with Crippen molar-refractivity contribution in [2.45, 2.75) is 18.2 Å². The minimum absolute atomic E-state index is 0.00771. The van der Waals surface area contributed by atoms with Gasteiger partial charge in [0.05, 0.1) is 6.10 Å². The average molecular weight is 401 g/mol. The normalized spacial score (nSPS) is 12.0. The number of aromatic nitrogens is 3. The van der Waals surface area contributed by atoms with Gasteiger partial charge in [-0.1, -0.05) is 11.8 Å². The Morgan fingerprint density at radius 2 is 1.86 bits per heavy atom. The van der Waals surface area contributed by atoms with E-state index in [9.17, 15) is 14.3 Å². The Kier molecular flexibility index (Phi) is 6.43. The molecule has 0 amide bonds. The van der Waals surface area contributed by atoms with Gasteiger partial charge in [0.1, 0.15) is 18.2 Å². The lowest BCUT2D eigenvalue weighted by atomic mass is 10.1. The van der Waals surface area contributed by atoms with Gasteiger partial charge in [-0.2, -0.15) is 0 Å². The second-order valence-electron chi connectivity index (χ2n) is 6.23. The summed E-state index contributed by atoms with van der Waals surface area (Å²) < 4.78 is 20.4. The van der Waals surface area contributed by atoms with E-state index in [0.717, 1.165) is 5.56 Å². The zero-order chi connectivity index (χ0) is 20.1. The van der Waals surface area contributed by atoms with E-state index in [1.165, 1.54) is 30.8 Å². The van der Waals surface area contributed by atoms with E-state index in [2.05, 4.69) is 10.2 Å². The molecule has 0 saturated heterocycles. The number of ether oxygens (including phenoxy) is 1. The minimum Gasteiger partial charge on any atom is -0.491 e. The molecule has 0 spiro atoms. The average Bonchev–Trinajstić information content (AvgIpc) is 3.06. The highest BCUT2D eigenvalue weighted by Crippen LogP contribution is 2.23. The van der Waals surface area contributed by atoms with Crippen molar-refractivity contribution in [1.82, 2.24) is 14.8 Å². The number of aliphatic hydroxyl groups is 1. The molecule has 28 heavy (non-hydrogen) atoms. The molecule has 1 N–H and O–H groups in total. The van der Waals surface area contributed by atoms with Crippen LogP contribution in [0.3, 0.4) is 0 Å². The first-order chi connectivity index (χ1) is 13.4. The van der Waals surface area contributed by atoms with Gasteiger partial charge in [0.2, 0.25) is 0 Å². The van der Waals surface area contributed by atoms with Crippen LogP contribution in [-0.2, 0) is 7.05 Å². The van der Waals surface area contributed by atoms with Gasteiger partial charge >= 0.3 is 0 Å². The van der Waals surface area contributed by atoms with Crippen LogP contribution in [0.5, 0.6) is 5.75 Å². The topological polar surface area (TPSA) is 77.2 Å². The summed E-state index contributed by atoms with van der Waals surface area (Å²) in [6.45, 7) is 1.62. The summed E-state index contributed by atoms with van der Waals surface area (Å²) >= 11 is 1.36. The molecule has 2 aromatic carbocycles. The summed E-state index contributed by atoms with van der Waals surface area (Å²) in [6.07, 6.45) is -0.705. The van der Waals surface area contributed by atoms with Gasteiger partial charge in [-0.15, -0.1) is 10.2 Å². The molecule has 3 rings (SSSR count). The first-order valence-corrected chi connectivity index (χ1v) is 9.62. The Morgan fingerprint density at radius 1 is 1.18 bits per heavy atom. The van der Waals surface area contributed by atoms with E-state index in [1.807, 2.05) is 7.05 Å². The van der Waals surface area contributed by atoms with Gasteiger partial charge in [0.25, 0.3) is 0 Å². The molecule has 1 aromatic heterocycles. The molecule has 0 aliphatic rings. The lowest BCUT2D eigenvalue weighted by Gasteiger charge is -2.12. The molecular formula is C20H20FN3O3S. The number of Topliss-reactive ketones (excluding diaryl/α,β-unsaturated/α-hetero) is 1. The van der Waals surface area contributed by atoms with Crippen LogP contribution >= 0.6 is 11.8 Å². The maximum Gasteiger partial charge on any atom is 0.191 e. The predicted octanol–water partition coefficient (Wildman–Crippen LogP) is 3.36. The van der Waals surface area contributed by atoms with E-state index in [-0.39, 0.29) is 18.2 Å². The molecule has 0 bridgehead atoms. The Bertz CT molecular complexity index is 942. The maximum absolute atomic E-state index is 13.1. The maximum atomic E-state index is 13.1. The van der Waals surface area contributed by atoms with E-state index in [4.69, 9.17) is 4.74 Å². The van der Waals surface area contributed by atoms with Crippen LogP contribution in [0.15, 0.2) is 53.7 Å². The molecule has 0 unspecified atom stereocenters. The summed E-state index contributed by atoms with van der Waals surface area (Å²) in [6, 6.07) is 12.8. The van der Waals surface area contributed by atoms with Crippen LogP contribution in [0.4, 0.5) is 4.39 Å². The Morgan fingerprint density at radius 3 is 2.50 bits per heavy atom. The Labute approximate surface area is 166 Å². The highest BCUT2D eigenvalue weighted by Gasteiger charge is 2.14. The number of halogens is 1. The van der Waals surface area contributed by atoms with Crippen molar-refractivity contribution in [2.24, 2.45) is 7.05 Å². The van der Waals surface area contributed by atoms with Gasteiger partial charge in [-0.3, -0.25) is 4.79 Å². The molecule has 0 aliphatic carbocycles. The summed E-state index contributed by atoms with van der Waals surface area (Å²) in [5.74, 6) is 1.28. The number of nitrogens with zero attached hydrogens (tertiary/aromatic N) is 3. The zero-order valence-electron chi connectivity index (χ0n) is 15.5. The van der Waals surface area contributed by atoms with Crippen molar-refractivity contribution in [2.75, 3.05) is 12.4 Å². The predicted molar refractivity (Wildman–Crippen MR) is 105 cm³/mol. The summed E-state index contributed by atoms with van der Waals surface area (Å²) in [5.41, 5.74) is 1.38. The SMILES string of the molecule is CC(=O)c1ccc(OC[C@H](O)CSc2nnc(-c3ccc(F)cc3)n2C)cc1. The number of thioether (sulfide) groups is 1. The van der Waals surface area contributed by atoms with Crippen molar-refractivity contribution in [1.29, 1.82) is 0 Å². The van der Waals surface area contributed by atoms with E-state index in [1.54, 1.807) is 41.0 Å². The zero-order valence-corrected chi connectivity index (χ0v) is 16.3. The van der Waals surface area contributed by atoms with Crippen LogP contribution < -0.4 is 4.74 Å². The van der Waals surface area contributed by atoms with E-state index >= 15 is 0 Å². The number of aliphatic hydroxyl groups excluding tert-OH is 1. The molecule has 0 aliphatic heterocycles. The molecule has 1 atom stereocenters. The van der Waals surface area contributed by atoms with Crippen LogP contribution in [-0.4, -0.2) is 44.1 Å². The molecule has 6 nitrogen and oxygen atoms in total. The number of rotatable bonds is 8. The van der Waals surface area contributed by atoms with Crippen molar-refractivity contribution >= 4 is 17.5 Å². The lowest BCUT2D eigenvalue weighted by Crippen LogP contribution is -2.20. The third-order valence-electron chi connectivity index (χ3n) is 4.05. The number of carbonyl (C=O) groups excluding carboxylic acids is 1. The Balaban J connectivity index is 1.52. The van der Waals surface area contributed by atoms with Crippen molar-refractivity contribution in [3.05, 3.63) is 59.9 Å². The van der Waals surface area contributed by atoms with Crippen molar-refractivity contribution < 1.29 is 19.0 Å². The molecule has 0 radical (unpaired) electrons. The van der Waals surface area contributed by atoms with Gasteiger partial charge in [0, 0.05) is 23.9 Å². The van der Waals surface area contributed by atoms with Crippen LogP contribution in [0.2, 0.25) is 0 Å². The monoisotopic (exact) mass is 401 g/mol. The number of benzene rings is 2. The fourth-order valence-electron chi connectivity index (χ4n) is 2.49. The van der Waals surface area contributed by atoms with Gasteiger partial charge in [-0.25, -0.2) is 4.39 Å². The van der Waals surface area contributed by atoms with Gasteiger partial charge in [0.15, 0.2) is 16.8 Å². The smallest absolute Gasteiger partial charge is 0.191 e. The Hall–Kier alpha value is -2.71. The first kappa shape index (κ1) is 20.0. The molecule has 3 aromatic rings. The number of hydrogen-bond donors (Lipinski definition) is 1. The molecule has 146 valence electrons. The highest BCUT2D eigenvalue weighted by molar-refractivity contribution is 7.99. The third kappa shape index (κ3) is 4.96. The number of hydrogen-bond acceptors (Lipinski definition) is 6. The van der Waals surface area contributed by atoms with Crippen LogP contribution in [0.25, 0.3) is 11.4 Å². The largest absolute Gasteiger partial charge is 0.491 e. The summed E-state index contributed by atoms with van der Waals surface area (Å²) in [5, 5.41) is 19.1. The summed E-state index contributed by atoms with van der Waals surface area (Å²) in [4.78, 5) is 11.3. The standard InChI is InChI=1S/C20H20FN3O3S/c1-13(25)14-5-9-18(10-6-14)27-11-17(26)12-28-20-23-22-19(24(20)2)15-3-7-16(21)8-4-15/h3-10,17,26H,11-12H2,1-2H3/t17-/m0/s1. The van der Waals surface area contributed by atoms with Crippen molar-refractivity contribution in [3.63, 3.8) is 0 Å². The molecule has 1 heterocycles.